The van der Waals surface area contributed by atoms with E-state index in [0.29, 0.717) is 5.56 Å². The molecule has 0 aliphatic heterocycles. The van der Waals surface area contributed by atoms with Crippen molar-refractivity contribution in [2.75, 3.05) is 0 Å². The van der Waals surface area contributed by atoms with Gasteiger partial charge >= 0.3 is 7.82 Å². The van der Waals surface area contributed by atoms with Crippen LogP contribution in [0.3, 0.4) is 0 Å². The van der Waals surface area contributed by atoms with Gasteiger partial charge in [0.2, 0.25) is 0 Å². The van der Waals surface area contributed by atoms with E-state index in [2.05, 4.69) is 0 Å². The Morgan fingerprint density at radius 2 is 1.28 bits per heavy atom. The molecule has 0 unspecified atom stereocenters. The second-order valence-electron chi connectivity index (χ2n) is 5.77. The fourth-order valence-electron chi connectivity index (χ4n) is 3.18. The van der Waals surface area contributed by atoms with E-state index in [-0.39, 0.29) is 5.75 Å². The highest BCUT2D eigenvalue weighted by atomic mass is 31.2. The molecule has 0 bridgehead atoms. The van der Waals surface area contributed by atoms with Crippen LogP contribution in [-0.2, 0) is 4.57 Å². The molecule has 25 heavy (non-hydrogen) atoms. The van der Waals surface area contributed by atoms with Crippen molar-refractivity contribution in [1.82, 2.24) is 0 Å². The highest BCUT2D eigenvalue weighted by molar-refractivity contribution is 7.46. The minimum Gasteiger partial charge on any atom is -0.404 e. The summed E-state index contributed by atoms with van der Waals surface area (Å²) in [6.45, 7) is 0. The molecule has 2 N–H and O–H groups in total. The SMILES string of the molecule is O=P(O)(O)Oc1ccc2ccccc2c1-c1cccc2ccccc12. The lowest BCUT2D eigenvalue weighted by atomic mass is 9.93. The number of phosphoric acid groups is 1. The van der Waals surface area contributed by atoms with Gasteiger partial charge in [0.1, 0.15) is 5.75 Å². The molecule has 0 atom stereocenters. The highest BCUT2D eigenvalue weighted by Gasteiger charge is 2.21. The number of hydrogen-bond donors (Lipinski definition) is 2. The number of benzene rings is 4. The third-order valence-electron chi connectivity index (χ3n) is 4.17. The molecule has 0 saturated carbocycles. The first-order valence-electron chi connectivity index (χ1n) is 7.78. The Labute approximate surface area is 144 Å². The fraction of sp³-hybridized carbons (Fsp3) is 0. The van der Waals surface area contributed by atoms with Crippen LogP contribution in [-0.4, -0.2) is 9.79 Å². The molecule has 0 radical (unpaired) electrons. The summed E-state index contributed by atoms with van der Waals surface area (Å²) in [4.78, 5) is 18.6. The molecule has 4 aromatic rings. The molecule has 0 aliphatic rings. The standard InChI is InChI=1S/C20H15O4P/c21-25(22,23)24-19-13-12-15-7-2-4-10-17(15)20(19)18-11-5-8-14-6-1-3-9-16(14)18/h1-13H,(H2,21,22,23). The van der Waals surface area contributed by atoms with E-state index in [9.17, 15) is 14.4 Å². The number of rotatable bonds is 3. The Kier molecular flexibility index (Phi) is 3.81. The van der Waals surface area contributed by atoms with Crippen LogP contribution in [0.5, 0.6) is 5.75 Å². The molecular formula is C20H15O4P. The minimum absolute atomic E-state index is 0.170. The predicted molar refractivity (Wildman–Crippen MR) is 99.6 cm³/mol. The maximum absolute atomic E-state index is 11.5. The zero-order valence-corrected chi connectivity index (χ0v) is 14.1. The van der Waals surface area contributed by atoms with Gasteiger partial charge in [-0.2, -0.15) is 0 Å². The number of hydrogen-bond acceptors (Lipinski definition) is 2. The van der Waals surface area contributed by atoms with E-state index in [1.165, 1.54) is 0 Å². The molecule has 4 rings (SSSR count). The summed E-state index contributed by atoms with van der Waals surface area (Å²) in [7, 11) is -4.67. The second kappa shape index (κ2) is 6.01. The van der Waals surface area contributed by atoms with Gasteiger partial charge in [-0.15, -0.1) is 0 Å². The van der Waals surface area contributed by atoms with Gasteiger partial charge in [0, 0.05) is 5.56 Å². The van der Waals surface area contributed by atoms with E-state index >= 15 is 0 Å². The molecular weight excluding hydrogens is 335 g/mol. The first-order chi connectivity index (χ1) is 12.0. The largest absolute Gasteiger partial charge is 0.524 e. The first kappa shape index (κ1) is 15.9. The van der Waals surface area contributed by atoms with Gasteiger partial charge in [0.05, 0.1) is 0 Å². The van der Waals surface area contributed by atoms with Crippen LogP contribution >= 0.6 is 7.82 Å². The van der Waals surface area contributed by atoms with Crippen molar-refractivity contribution in [3.8, 4) is 16.9 Å². The van der Waals surface area contributed by atoms with Crippen LogP contribution in [0, 0.1) is 0 Å². The lowest BCUT2D eigenvalue weighted by Crippen LogP contribution is -1.94. The fourth-order valence-corrected chi connectivity index (χ4v) is 3.59. The normalized spacial score (nSPS) is 11.8. The molecule has 124 valence electrons. The van der Waals surface area contributed by atoms with Gasteiger partial charge < -0.3 is 4.52 Å². The average Bonchev–Trinajstić information content (AvgIpc) is 2.60. The molecule has 0 fully saturated rings. The summed E-state index contributed by atoms with van der Waals surface area (Å²) in [6.07, 6.45) is 0. The van der Waals surface area contributed by atoms with Crippen molar-refractivity contribution in [1.29, 1.82) is 0 Å². The van der Waals surface area contributed by atoms with Crippen molar-refractivity contribution >= 4 is 29.4 Å². The smallest absolute Gasteiger partial charge is 0.404 e. The quantitative estimate of drug-likeness (QED) is 0.503. The number of phosphoric ester groups is 1. The maximum Gasteiger partial charge on any atom is 0.524 e. The molecule has 0 aromatic heterocycles. The van der Waals surface area contributed by atoms with E-state index < -0.39 is 7.82 Å². The Hall–Kier alpha value is -2.65. The molecule has 4 aromatic carbocycles. The van der Waals surface area contributed by atoms with E-state index in [1.807, 2.05) is 66.7 Å². The summed E-state index contributed by atoms with van der Waals surface area (Å²) < 4.78 is 16.5. The Morgan fingerprint density at radius 3 is 2.00 bits per heavy atom. The van der Waals surface area contributed by atoms with Gasteiger partial charge in [-0.05, 0) is 33.2 Å². The number of fused-ring (bicyclic) bond motifs is 2. The van der Waals surface area contributed by atoms with Gasteiger partial charge in [0.15, 0.2) is 0 Å². The third kappa shape index (κ3) is 3.03. The van der Waals surface area contributed by atoms with Crippen LogP contribution in [0.1, 0.15) is 0 Å². The van der Waals surface area contributed by atoms with Crippen LogP contribution in [0.25, 0.3) is 32.7 Å². The summed E-state index contributed by atoms with van der Waals surface area (Å²) in [6, 6.07) is 24.9. The first-order valence-corrected chi connectivity index (χ1v) is 9.31. The van der Waals surface area contributed by atoms with Crippen LogP contribution in [0.15, 0.2) is 78.9 Å². The predicted octanol–water partition coefficient (Wildman–Crippen LogP) is 5.13. The monoisotopic (exact) mass is 350 g/mol. The van der Waals surface area contributed by atoms with Crippen molar-refractivity contribution < 1.29 is 18.9 Å². The van der Waals surface area contributed by atoms with Crippen LogP contribution in [0.2, 0.25) is 0 Å². The van der Waals surface area contributed by atoms with Crippen molar-refractivity contribution in [3.05, 3.63) is 78.9 Å². The average molecular weight is 350 g/mol. The van der Waals surface area contributed by atoms with Gasteiger partial charge in [-0.1, -0.05) is 72.8 Å². The molecule has 4 nitrogen and oxygen atoms in total. The summed E-state index contributed by atoms with van der Waals surface area (Å²) in [5.74, 6) is 0.170. The molecule has 0 amide bonds. The van der Waals surface area contributed by atoms with Gasteiger partial charge in [-0.3, -0.25) is 9.79 Å². The van der Waals surface area contributed by atoms with E-state index in [4.69, 9.17) is 4.52 Å². The minimum atomic E-state index is -4.67. The second-order valence-corrected chi connectivity index (χ2v) is 6.93. The topological polar surface area (TPSA) is 66.8 Å². The molecule has 0 aliphatic carbocycles. The van der Waals surface area contributed by atoms with Gasteiger partial charge in [0.25, 0.3) is 0 Å². The molecule has 0 saturated heterocycles. The Balaban J connectivity index is 2.11. The van der Waals surface area contributed by atoms with Crippen LogP contribution < -0.4 is 4.52 Å². The molecule has 0 heterocycles. The molecule has 5 heteroatoms. The van der Waals surface area contributed by atoms with Crippen molar-refractivity contribution in [2.45, 2.75) is 0 Å². The van der Waals surface area contributed by atoms with Crippen molar-refractivity contribution in [3.63, 3.8) is 0 Å². The summed E-state index contributed by atoms with van der Waals surface area (Å²) in [5, 5.41) is 3.90. The lowest BCUT2D eigenvalue weighted by molar-refractivity contribution is 0.284. The Morgan fingerprint density at radius 1 is 0.680 bits per heavy atom. The Bertz CT molecular complexity index is 1130. The zero-order valence-electron chi connectivity index (χ0n) is 13.2. The van der Waals surface area contributed by atoms with E-state index in [1.54, 1.807) is 12.1 Å². The third-order valence-corrected chi connectivity index (χ3v) is 4.60. The lowest BCUT2D eigenvalue weighted by Gasteiger charge is -2.16. The maximum atomic E-state index is 11.5. The highest BCUT2D eigenvalue weighted by Crippen LogP contribution is 2.46. The van der Waals surface area contributed by atoms with Gasteiger partial charge in [-0.25, -0.2) is 4.57 Å². The van der Waals surface area contributed by atoms with Crippen molar-refractivity contribution in [2.24, 2.45) is 0 Å². The van der Waals surface area contributed by atoms with Crippen LogP contribution in [0.4, 0.5) is 0 Å². The summed E-state index contributed by atoms with van der Waals surface area (Å²) in [5.41, 5.74) is 1.55. The molecule has 0 spiro atoms. The van der Waals surface area contributed by atoms with E-state index in [0.717, 1.165) is 27.1 Å². The summed E-state index contributed by atoms with van der Waals surface area (Å²) >= 11 is 0. The zero-order chi connectivity index (χ0) is 17.4.